The largest absolute Gasteiger partial charge is 0.496 e. The van der Waals surface area contributed by atoms with Crippen LogP contribution in [0.2, 0.25) is 0 Å². The van der Waals surface area contributed by atoms with E-state index in [-0.39, 0.29) is 5.75 Å². The van der Waals surface area contributed by atoms with Crippen LogP contribution >= 0.6 is 0 Å². The summed E-state index contributed by atoms with van der Waals surface area (Å²) in [6.45, 7) is 2.00. The van der Waals surface area contributed by atoms with E-state index in [1.807, 2.05) is 12.1 Å². The van der Waals surface area contributed by atoms with Crippen molar-refractivity contribution >= 4 is 10.3 Å². The van der Waals surface area contributed by atoms with Gasteiger partial charge in [0.15, 0.2) is 11.5 Å². The molecule has 0 fully saturated rings. The van der Waals surface area contributed by atoms with Crippen LogP contribution in [0.3, 0.4) is 0 Å². The highest BCUT2D eigenvalue weighted by molar-refractivity contribution is 7.84. The molecule has 0 aliphatic carbocycles. The Kier molecular flexibility index (Phi) is 6.59. The number of benzene rings is 2. The molecular weight excluding hydrogens is 412 g/mol. The second kappa shape index (κ2) is 8.99. The van der Waals surface area contributed by atoms with Crippen LogP contribution in [0.25, 0.3) is 0 Å². The summed E-state index contributed by atoms with van der Waals surface area (Å²) < 4.78 is 49.2. The molecule has 0 aromatic heterocycles. The van der Waals surface area contributed by atoms with Crippen molar-refractivity contribution in [1.82, 2.24) is 4.90 Å². The molecule has 2 N–H and O–H groups in total. The van der Waals surface area contributed by atoms with Crippen molar-refractivity contribution in [3.8, 4) is 28.7 Å². The zero-order valence-corrected chi connectivity index (χ0v) is 18.2. The van der Waals surface area contributed by atoms with Crippen LogP contribution in [0.1, 0.15) is 16.7 Å². The smallest absolute Gasteiger partial charge is 0.380 e. The van der Waals surface area contributed by atoms with Crippen LogP contribution in [-0.4, -0.2) is 48.3 Å². The molecule has 0 saturated carbocycles. The third-order valence-corrected chi connectivity index (χ3v) is 5.39. The van der Waals surface area contributed by atoms with Gasteiger partial charge in [0.1, 0.15) is 17.2 Å². The molecule has 0 atom stereocenters. The van der Waals surface area contributed by atoms with Gasteiger partial charge in [0.25, 0.3) is 0 Å². The lowest BCUT2D eigenvalue weighted by molar-refractivity contribution is 0.236. The predicted octanol–water partition coefficient (Wildman–Crippen LogP) is 1.86. The van der Waals surface area contributed by atoms with Crippen molar-refractivity contribution < 1.29 is 31.5 Å². The van der Waals surface area contributed by atoms with Crippen LogP contribution < -0.4 is 28.3 Å². The molecule has 0 spiro atoms. The topological polar surface area (TPSA) is 110 Å². The maximum absolute atomic E-state index is 11.3. The minimum atomic E-state index is -4.14. The van der Waals surface area contributed by atoms with Gasteiger partial charge in [-0.3, -0.25) is 4.90 Å². The second-order valence-electron chi connectivity index (χ2n) is 6.82. The number of nitrogens with zero attached hydrogens (tertiary/aromatic N) is 1. The van der Waals surface area contributed by atoms with E-state index in [9.17, 15) is 8.42 Å². The van der Waals surface area contributed by atoms with Gasteiger partial charge in [0.2, 0.25) is 0 Å². The molecule has 30 heavy (non-hydrogen) atoms. The minimum absolute atomic E-state index is 0.0886. The number of nitrogens with two attached hydrogens (primary N) is 1. The molecule has 164 valence electrons. The fourth-order valence-electron chi connectivity index (χ4n) is 3.56. The summed E-state index contributed by atoms with van der Waals surface area (Å²) >= 11 is 0. The monoisotopic (exact) mass is 438 g/mol. The molecule has 2 aromatic rings. The fourth-order valence-corrected chi connectivity index (χ4v) is 3.95. The Balaban J connectivity index is 1.87. The van der Waals surface area contributed by atoms with E-state index in [0.717, 1.165) is 23.2 Å². The number of ether oxygens (including phenoxy) is 4. The van der Waals surface area contributed by atoms with Gasteiger partial charge in [-0.15, -0.1) is 0 Å². The first-order chi connectivity index (χ1) is 14.3. The van der Waals surface area contributed by atoms with E-state index < -0.39 is 10.3 Å². The van der Waals surface area contributed by atoms with Crippen LogP contribution in [0.15, 0.2) is 24.3 Å². The fraction of sp³-hybridized carbons (Fsp3) is 0.400. The average Bonchev–Trinajstić information content (AvgIpc) is 2.72. The van der Waals surface area contributed by atoms with Gasteiger partial charge < -0.3 is 23.1 Å². The standard InChI is InChI=1S/C20H26N2O7S/c1-25-15-9-17(26-2)16(18(10-15)27-3)12-22-6-5-13-7-20(29-30(21,23)24)19(28-4)8-14(13)11-22/h7-10H,5-6,11-12H2,1-4H3,(H2,21,23,24). The SMILES string of the molecule is COc1cc(OC)c(CN2CCc3cc(OS(N)(=O)=O)c(OC)cc3C2)c(OC)c1. The van der Waals surface area contributed by atoms with Crippen LogP contribution in [0, 0.1) is 0 Å². The van der Waals surface area contributed by atoms with Gasteiger partial charge >= 0.3 is 10.3 Å². The van der Waals surface area contributed by atoms with Gasteiger partial charge in [0.05, 0.1) is 34.0 Å². The molecule has 0 bridgehead atoms. The second-order valence-corrected chi connectivity index (χ2v) is 7.97. The summed E-state index contributed by atoms with van der Waals surface area (Å²) in [6.07, 6.45) is 0.709. The molecule has 2 aromatic carbocycles. The van der Waals surface area contributed by atoms with E-state index in [2.05, 4.69) is 4.90 Å². The van der Waals surface area contributed by atoms with Gasteiger partial charge in [-0.2, -0.15) is 13.6 Å². The lowest BCUT2D eigenvalue weighted by atomic mass is 9.98. The summed E-state index contributed by atoms with van der Waals surface area (Å²) in [7, 11) is 2.13. The van der Waals surface area contributed by atoms with Crippen molar-refractivity contribution in [1.29, 1.82) is 0 Å². The first-order valence-electron chi connectivity index (χ1n) is 9.21. The maximum Gasteiger partial charge on any atom is 0.380 e. The van der Waals surface area contributed by atoms with Gasteiger partial charge in [-0.05, 0) is 29.7 Å². The third kappa shape index (κ3) is 4.89. The van der Waals surface area contributed by atoms with Crippen LogP contribution in [-0.2, 0) is 29.8 Å². The normalized spacial score (nSPS) is 14.0. The van der Waals surface area contributed by atoms with E-state index >= 15 is 0 Å². The van der Waals surface area contributed by atoms with Crippen molar-refractivity contribution in [3.05, 3.63) is 41.0 Å². The Bertz CT molecular complexity index is 999. The summed E-state index contributed by atoms with van der Waals surface area (Å²) in [4.78, 5) is 2.24. The molecule has 1 heterocycles. The Morgan fingerprint density at radius 1 is 0.867 bits per heavy atom. The molecular formula is C20H26N2O7S. The summed E-state index contributed by atoms with van der Waals surface area (Å²) in [5.41, 5.74) is 2.93. The molecule has 0 amide bonds. The highest BCUT2D eigenvalue weighted by Crippen LogP contribution is 2.37. The summed E-state index contributed by atoms with van der Waals surface area (Å²) in [5, 5.41) is 5.00. The zero-order chi connectivity index (χ0) is 21.9. The first-order valence-corrected chi connectivity index (χ1v) is 10.7. The third-order valence-electron chi connectivity index (χ3n) is 4.98. The highest BCUT2D eigenvalue weighted by Gasteiger charge is 2.23. The molecule has 10 heteroatoms. The van der Waals surface area contributed by atoms with E-state index in [4.69, 9.17) is 28.3 Å². The Morgan fingerprint density at radius 2 is 1.47 bits per heavy atom. The van der Waals surface area contributed by atoms with Crippen LogP contribution in [0.5, 0.6) is 28.7 Å². The molecule has 9 nitrogen and oxygen atoms in total. The molecule has 3 rings (SSSR count). The van der Waals surface area contributed by atoms with Crippen molar-refractivity contribution in [2.75, 3.05) is 35.0 Å². The van der Waals surface area contributed by atoms with E-state index in [1.165, 1.54) is 7.11 Å². The summed E-state index contributed by atoms with van der Waals surface area (Å²) in [6, 6.07) is 7.11. The van der Waals surface area contributed by atoms with E-state index in [1.54, 1.807) is 33.5 Å². The van der Waals surface area contributed by atoms with Crippen molar-refractivity contribution in [2.24, 2.45) is 5.14 Å². The quantitative estimate of drug-likeness (QED) is 0.665. The maximum atomic E-state index is 11.3. The Labute approximate surface area is 176 Å². The average molecular weight is 439 g/mol. The molecule has 0 radical (unpaired) electrons. The molecule has 1 aliphatic heterocycles. The molecule has 1 aliphatic rings. The Hall–Kier alpha value is -2.69. The highest BCUT2D eigenvalue weighted by atomic mass is 32.2. The molecule has 0 saturated heterocycles. The van der Waals surface area contributed by atoms with Gasteiger partial charge in [-0.1, -0.05) is 0 Å². The molecule has 0 unspecified atom stereocenters. The Morgan fingerprint density at radius 3 is 2.00 bits per heavy atom. The number of rotatable bonds is 8. The van der Waals surface area contributed by atoms with Gasteiger partial charge in [0, 0.05) is 31.8 Å². The van der Waals surface area contributed by atoms with E-state index in [0.29, 0.717) is 42.5 Å². The van der Waals surface area contributed by atoms with Crippen molar-refractivity contribution in [3.63, 3.8) is 0 Å². The number of methoxy groups -OCH3 is 4. The minimum Gasteiger partial charge on any atom is -0.496 e. The zero-order valence-electron chi connectivity index (χ0n) is 17.4. The first kappa shape index (κ1) is 22.0. The number of hydrogen-bond donors (Lipinski definition) is 1. The summed E-state index contributed by atoms with van der Waals surface area (Å²) in [5.74, 6) is 2.43. The van der Waals surface area contributed by atoms with Crippen LogP contribution in [0.4, 0.5) is 0 Å². The number of fused-ring (bicyclic) bond motifs is 1. The van der Waals surface area contributed by atoms with Gasteiger partial charge in [-0.25, -0.2) is 0 Å². The van der Waals surface area contributed by atoms with Crippen molar-refractivity contribution in [2.45, 2.75) is 19.5 Å². The lowest BCUT2D eigenvalue weighted by Crippen LogP contribution is -2.30. The predicted molar refractivity (Wildman–Crippen MR) is 111 cm³/mol. The lowest BCUT2D eigenvalue weighted by Gasteiger charge is -2.30. The number of hydrogen-bond acceptors (Lipinski definition) is 8.